The van der Waals surface area contributed by atoms with Gasteiger partial charge in [-0.2, -0.15) is 0 Å². The van der Waals surface area contributed by atoms with Crippen molar-refractivity contribution in [2.45, 2.75) is 51.1 Å². The number of rotatable bonds is 5. The molecule has 1 aliphatic heterocycles. The van der Waals surface area contributed by atoms with Gasteiger partial charge in [0.2, 0.25) is 11.8 Å². The molecule has 3 N–H and O–H groups in total. The Balaban J connectivity index is 1.25. The third-order valence-corrected chi connectivity index (χ3v) is 6.86. The van der Waals surface area contributed by atoms with E-state index in [9.17, 15) is 9.59 Å². The summed E-state index contributed by atoms with van der Waals surface area (Å²) in [6.07, 6.45) is 6.02. The Morgan fingerprint density at radius 3 is 2.56 bits per heavy atom. The van der Waals surface area contributed by atoms with Gasteiger partial charge in [0.05, 0.1) is 0 Å². The molecule has 1 heterocycles. The number of amides is 2. The van der Waals surface area contributed by atoms with Crippen LogP contribution in [0.4, 0.5) is 0 Å². The van der Waals surface area contributed by atoms with E-state index in [0.29, 0.717) is 37.4 Å². The van der Waals surface area contributed by atoms with Crippen LogP contribution in [0, 0.1) is 23.7 Å². The lowest BCUT2D eigenvalue weighted by molar-refractivity contribution is -0.129. The van der Waals surface area contributed by atoms with Crippen LogP contribution in [-0.2, 0) is 16.1 Å². The predicted octanol–water partition coefficient (Wildman–Crippen LogP) is 2.30. The van der Waals surface area contributed by atoms with Gasteiger partial charge in [0.15, 0.2) is 0 Å². The minimum atomic E-state index is 0.109. The molecule has 146 valence electrons. The fourth-order valence-corrected chi connectivity index (χ4v) is 5.34. The zero-order chi connectivity index (χ0) is 18.8. The van der Waals surface area contributed by atoms with Gasteiger partial charge < -0.3 is 16.0 Å². The van der Waals surface area contributed by atoms with Crippen LogP contribution >= 0.6 is 0 Å². The number of benzene rings is 1. The zero-order valence-corrected chi connectivity index (χ0v) is 16.0. The first-order valence-corrected chi connectivity index (χ1v) is 10.4. The van der Waals surface area contributed by atoms with E-state index in [1.54, 1.807) is 0 Å². The summed E-state index contributed by atoms with van der Waals surface area (Å²) < 4.78 is 0. The second-order valence-electron chi connectivity index (χ2n) is 8.77. The van der Waals surface area contributed by atoms with Crippen molar-refractivity contribution in [3.63, 3.8) is 0 Å². The van der Waals surface area contributed by atoms with Gasteiger partial charge >= 0.3 is 0 Å². The molecule has 1 aromatic rings. The second kappa shape index (κ2) is 8.01. The standard InChI is InChI=1S/C22H31N3O2/c23-21-17-7-4-8-18(21)11-19(10-17)22(27)24-12-16-9-20(26)25(14-16)13-15-5-2-1-3-6-15/h1-3,5-6,16-19,21H,4,7-14,23H2,(H,24,27). The summed E-state index contributed by atoms with van der Waals surface area (Å²) in [5.41, 5.74) is 7.49. The number of hydrogen-bond acceptors (Lipinski definition) is 3. The molecular formula is C22H31N3O2. The van der Waals surface area contributed by atoms with Crippen LogP contribution in [0.1, 0.15) is 44.1 Å². The largest absolute Gasteiger partial charge is 0.356 e. The molecule has 0 aromatic heterocycles. The lowest BCUT2D eigenvalue weighted by Gasteiger charge is -2.43. The van der Waals surface area contributed by atoms with Crippen LogP contribution in [0.2, 0.25) is 0 Å². The molecule has 2 saturated carbocycles. The molecule has 2 aliphatic carbocycles. The maximum atomic E-state index is 12.7. The number of nitrogens with two attached hydrogens (primary N) is 1. The lowest BCUT2D eigenvalue weighted by atomic mass is 9.65. The third kappa shape index (κ3) is 4.18. The average Bonchev–Trinajstić information content (AvgIpc) is 3.00. The average molecular weight is 370 g/mol. The van der Waals surface area contributed by atoms with Crippen molar-refractivity contribution in [1.82, 2.24) is 10.2 Å². The Hall–Kier alpha value is -1.88. The van der Waals surface area contributed by atoms with Gasteiger partial charge in [0.1, 0.15) is 0 Å². The summed E-state index contributed by atoms with van der Waals surface area (Å²) >= 11 is 0. The van der Waals surface area contributed by atoms with Gasteiger partial charge in [-0.1, -0.05) is 36.8 Å². The zero-order valence-electron chi connectivity index (χ0n) is 16.0. The van der Waals surface area contributed by atoms with E-state index in [1.807, 2.05) is 35.2 Å². The molecule has 5 nitrogen and oxygen atoms in total. The van der Waals surface area contributed by atoms with Crippen molar-refractivity contribution in [3.8, 4) is 0 Å². The van der Waals surface area contributed by atoms with E-state index in [2.05, 4.69) is 5.32 Å². The molecule has 2 amide bonds. The van der Waals surface area contributed by atoms with Gasteiger partial charge in [0, 0.05) is 43.9 Å². The summed E-state index contributed by atoms with van der Waals surface area (Å²) in [5.74, 6) is 1.72. The van der Waals surface area contributed by atoms with Gasteiger partial charge in [-0.3, -0.25) is 9.59 Å². The SMILES string of the molecule is NC1C2CCCC1CC(C(=O)NCC1CC(=O)N(Cc3ccccc3)C1)C2. The van der Waals surface area contributed by atoms with E-state index in [0.717, 1.165) is 24.9 Å². The summed E-state index contributed by atoms with van der Waals surface area (Å²) in [4.78, 5) is 26.9. The van der Waals surface area contributed by atoms with Gasteiger partial charge in [-0.05, 0) is 43.1 Å². The number of nitrogens with one attached hydrogen (secondary N) is 1. The molecule has 3 fully saturated rings. The Morgan fingerprint density at radius 1 is 1.15 bits per heavy atom. The normalized spacial score (nSPS) is 33.1. The highest BCUT2D eigenvalue weighted by molar-refractivity contribution is 5.80. The quantitative estimate of drug-likeness (QED) is 0.836. The first-order valence-electron chi connectivity index (χ1n) is 10.4. The fraction of sp³-hybridized carbons (Fsp3) is 0.636. The number of hydrogen-bond donors (Lipinski definition) is 2. The number of carbonyl (C=O) groups excluding carboxylic acids is 2. The smallest absolute Gasteiger partial charge is 0.223 e. The van der Waals surface area contributed by atoms with E-state index in [-0.39, 0.29) is 23.7 Å². The molecule has 5 heteroatoms. The van der Waals surface area contributed by atoms with Crippen LogP contribution in [0.15, 0.2) is 30.3 Å². The Labute approximate surface area is 161 Å². The van der Waals surface area contributed by atoms with E-state index in [4.69, 9.17) is 5.73 Å². The first-order chi connectivity index (χ1) is 13.1. The Kier molecular flexibility index (Phi) is 5.48. The minimum Gasteiger partial charge on any atom is -0.356 e. The molecule has 2 bridgehead atoms. The van der Waals surface area contributed by atoms with Crippen molar-refractivity contribution in [1.29, 1.82) is 0 Å². The third-order valence-electron chi connectivity index (χ3n) is 6.86. The van der Waals surface area contributed by atoms with Crippen molar-refractivity contribution in [2.24, 2.45) is 29.4 Å². The van der Waals surface area contributed by atoms with Gasteiger partial charge in [0.25, 0.3) is 0 Å². The van der Waals surface area contributed by atoms with Crippen molar-refractivity contribution < 1.29 is 9.59 Å². The molecule has 1 saturated heterocycles. The highest BCUT2D eigenvalue weighted by Gasteiger charge is 2.40. The fourth-order valence-electron chi connectivity index (χ4n) is 5.34. The van der Waals surface area contributed by atoms with E-state index < -0.39 is 0 Å². The lowest BCUT2D eigenvalue weighted by Crippen LogP contribution is -2.49. The molecule has 0 radical (unpaired) electrons. The Bertz CT molecular complexity index is 663. The predicted molar refractivity (Wildman–Crippen MR) is 105 cm³/mol. The van der Waals surface area contributed by atoms with Crippen molar-refractivity contribution in [3.05, 3.63) is 35.9 Å². The van der Waals surface area contributed by atoms with Crippen LogP contribution < -0.4 is 11.1 Å². The molecule has 27 heavy (non-hydrogen) atoms. The number of carbonyl (C=O) groups is 2. The summed E-state index contributed by atoms with van der Waals surface area (Å²) in [5, 5.41) is 3.14. The van der Waals surface area contributed by atoms with Crippen LogP contribution in [0.25, 0.3) is 0 Å². The molecule has 0 spiro atoms. The number of nitrogens with zero attached hydrogens (tertiary/aromatic N) is 1. The number of likely N-dealkylation sites (tertiary alicyclic amines) is 1. The molecule has 3 aliphatic rings. The monoisotopic (exact) mass is 369 g/mol. The second-order valence-corrected chi connectivity index (χ2v) is 8.77. The molecular weight excluding hydrogens is 338 g/mol. The van der Waals surface area contributed by atoms with Gasteiger partial charge in [-0.25, -0.2) is 0 Å². The summed E-state index contributed by atoms with van der Waals surface area (Å²) in [7, 11) is 0. The van der Waals surface area contributed by atoms with E-state index >= 15 is 0 Å². The molecule has 3 atom stereocenters. The van der Waals surface area contributed by atoms with Crippen LogP contribution in [0.3, 0.4) is 0 Å². The summed E-state index contributed by atoms with van der Waals surface area (Å²) in [6, 6.07) is 10.4. The highest BCUT2D eigenvalue weighted by atomic mass is 16.2. The Morgan fingerprint density at radius 2 is 1.85 bits per heavy atom. The minimum absolute atomic E-state index is 0.109. The molecule has 1 aromatic carbocycles. The maximum Gasteiger partial charge on any atom is 0.223 e. The first kappa shape index (κ1) is 18.5. The van der Waals surface area contributed by atoms with E-state index in [1.165, 1.54) is 19.3 Å². The topological polar surface area (TPSA) is 75.4 Å². The maximum absolute atomic E-state index is 12.7. The number of fused-ring (bicyclic) bond motifs is 2. The van der Waals surface area contributed by atoms with Crippen molar-refractivity contribution in [2.75, 3.05) is 13.1 Å². The van der Waals surface area contributed by atoms with Crippen LogP contribution in [-0.4, -0.2) is 35.8 Å². The highest BCUT2D eigenvalue weighted by Crippen LogP contribution is 2.41. The molecule has 4 rings (SSSR count). The van der Waals surface area contributed by atoms with Crippen molar-refractivity contribution >= 4 is 11.8 Å². The molecule has 3 unspecified atom stereocenters. The van der Waals surface area contributed by atoms with Gasteiger partial charge in [-0.15, -0.1) is 0 Å². The van der Waals surface area contributed by atoms with Crippen LogP contribution in [0.5, 0.6) is 0 Å². The summed E-state index contributed by atoms with van der Waals surface area (Å²) in [6.45, 7) is 2.00.